The maximum absolute atomic E-state index is 5.64. The summed E-state index contributed by atoms with van der Waals surface area (Å²) in [6.07, 6.45) is 1.75. The summed E-state index contributed by atoms with van der Waals surface area (Å²) in [5.74, 6) is 1.54. The average molecular weight is 257 g/mol. The molecule has 0 fully saturated rings. The molecule has 0 spiro atoms. The van der Waals surface area contributed by atoms with E-state index in [1.165, 1.54) is 5.56 Å². The maximum atomic E-state index is 5.64. The first kappa shape index (κ1) is 13.4. The number of aromatic nitrogens is 1. The molecule has 4 nitrogen and oxygen atoms in total. The molecule has 2 aromatic rings. The van der Waals surface area contributed by atoms with Crippen LogP contribution < -0.4 is 15.8 Å². The lowest BCUT2D eigenvalue weighted by Gasteiger charge is -2.11. The molecule has 3 N–H and O–H groups in total. The SMILES string of the molecule is CCOc1cccnc1NCc1cccc(CN)c1. The van der Waals surface area contributed by atoms with E-state index in [4.69, 9.17) is 10.5 Å². The van der Waals surface area contributed by atoms with Crippen LogP contribution in [-0.2, 0) is 13.1 Å². The number of nitrogens with two attached hydrogens (primary N) is 1. The first-order valence-electron chi connectivity index (χ1n) is 6.43. The Morgan fingerprint density at radius 1 is 1.21 bits per heavy atom. The molecular formula is C15H19N3O. The zero-order valence-electron chi connectivity index (χ0n) is 11.1. The molecule has 0 amide bonds. The fourth-order valence-corrected chi connectivity index (χ4v) is 1.85. The van der Waals surface area contributed by atoms with Crippen molar-refractivity contribution in [2.24, 2.45) is 5.73 Å². The number of ether oxygens (including phenoxy) is 1. The van der Waals surface area contributed by atoms with Crippen molar-refractivity contribution in [3.63, 3.8) is 0 Å². The Morgan fingerprint density at radius 3 is 2.84 bits per heavy atom. The molecule has 19 heavy (non-hydrogen) atoms. The summed E-state index contributed by atoms with van der Waals surface area (Å²) in [5, 5.41) is 3.29. The summed E-state index contributed by atoms with van der Waals surface area (Å²) in [7, 11) is 0. The molecule has 4 heteroatoms. The van der Waals surface area contributed by atoms with Crippen molar-refractivity contribution in [1.82, 2.24) is 4.98 Å². The number of anilines is 1. The maximum Gasteiger partial charge on any atom is 0.169 e. The quantitative estimate of drug-likeness (QED) is 0.835. The van der Waals surface area contributed by atoms with Crippen LogP contribution in [0.5, 0.6) is 5.75 Å². The minimum atomic E-state index is 0.557. The fraction of sp³-hybridized carbons (Fsp3) is 0.267. The van der Waals surface area contributed by atoms with Crippen LogP contribution >= 0.6 is 0 Å². The third kappa shape index (κ3) is 3.69. The highest BCUT2D eigenvalue weighted by Gasteiger charge is 2.03. The van der Waals surface area contributed by atoms with Crippen LogP contribution in [0.25, 0.3) is 0 Å². The van der Waals surface area contributed by atoms with Gasteiger partial charge in [-0.1, -0.05) is 24.3 Å². The molecule has 0 radical (unpaired) electrons. The Hall–Kier alpha value is -2.07. The first-order valence-corrected chi connectivity index (χ1v) is 6.43. The van der Waals surface area contributed by atoms with Crippen LogP contribution in [0.2, 0.25) is 0 Å². The van der Waals surface area contributed by atoms with E-state index in [1.54, 1.807) is 6.20 Å². The number of benzene rings is 1. The minimum Gasteiger partial charge on any atom is -0.490 e. The molecule has 100 valence electrons. The van der Waals surface area contributed by atoms with Gasteiger partial charge in [-0.05, 0) is 30.2 Å². The summed E-state index contributed by atoms with van der Waals surface area (Å²) in [5.41, 5.74) is 7.94. The van der Waals surface area contributed by atoms with Crippen molar-refractivity contribution in [3.8, 4) is 5.75 Å². The summed E-state index contributed by atoms with van der Waals surface area (Å²) < 4.78 is 5.53. The van der Waals surface area contributed by atoms with E-state index in [0.717, 1.165) is 17.1 Å². The number of rotatable bonds is 6. The summed E-state index contributed by atoms with van der Waals surface area (Å²) in [4.78, 5) is 4.29. The van der Waals surface area contributed by atoms with Crippen molar-refractivity contribution in [1.29, 1.82) is 0 Å². The molecule has 0 aliphatic heterocycles. The van der Waals surface area contributed by atoms with E-state index >= 15 is 0 Å². The van der Waals surface area contributed by atoms with Crippen LogP contribution in [-0.4, -0.2) is 11.6 Å². The topological polar surface area (TPSA) is 60.2 Å². The van der Waals surface area contributed by atoms with E-state index in [9.17, 15) is 0 Å². The van der Waals surface area contributed by atoms with Crippen molar-refractivity contribution in [2.75, 3.05) is 11.9 Å². The fourth-order valence-electron chi connectivity index (χ4n) is 1.85. The zero-order chi connectivity index (χ0) is 13.5. The van der Waals surface area contributed by atoms with Gasteiger partial charge in [-0.25, -0.2) is 4.98 Å². The molecule has 1 aromatic carbocycles. The Kier molecular flexibility index (Phi) is 4.75. The molecule has 1 heterocycles. The van der Waals surface area contributed by atoms with Crippen LogP contribution in [0, 0.1) is 0 Å². The Labute approximate surface area is 113 Å². The van der Waals surface area contributed by atoms with Gasteiger partial charge in [-0.15, -0.1) is 0 Å². The van der Waals surface area contributed by atoms with Gasteiger partial charge in [0.15, 0.2) is 11.6 Å². The molecule has 0 aliphatic rings. The van der Waals surface area contributed by atoms with Crippen LogP contribution in [0.1, 0.15) is 18.1 Å². The predicted octanol–water partition coefficient (Wildman–Crippen LogP) is 2.55. The number of pyridine rings is 1. The largest absolute Gasteiger partial charge is 0.490 e. The van der Waals surface area contributed by atoms with Gasteiger partial charge in [0, 0.05) is 19.3 Å². The van der Waals surface area contributed by atoms with Crippen LogP contribution in [0.4, 0.5) is 5.82 Å². The lowest BCUT2D eigenvalue weighted by molar-refractivity contribution is 0.340. The third-order valence-electron chi connectivity index (χ3n) is 2.76. The van der Waals surface area contributed by atoms with Crippen molar-refractivity contribution < 1.29 is 4.74 Å². The van der Waals surface area contributed by atoms with Gasteiger partial charge in [-0.3, -0.25) is 0 Å². The second-order valence-electron chi connectivity index (χ2n) is 4.16. The molecule has 2 rings (SSSR count). The number of hydrogen-bond donors (Lipinski definition) is 2. The predicted molar refractivity (Wildman–Crippen MR) is 77.1 cm³/mol. The van der Waals surface area contributed by atoms with Gasteiger partial charge in [0.1, 0.15) is 0 Å². The van der Waals surface area contributed by atoms with E-state index in [2.05, 4.69) is 22.4 Å². The highest BCUT2D eigenvalue weighted by atomic mass is 16.5. The van der Waals surface area contributed by atoms with Gasteiger partial charge in [0.25, 0.3) is 0 Å². The normalized spacial score (nSPS) is 10.2. The van der Waals surface area contributed by atoms with Crippen molar-refractivity contribution >= 4 is 5.82 Å². The van der Waals surface area contributed by atoms with E-state index in [-0.39, 0.29) is 0 Å². The minimum absolute atomic E-state index is 0.557. The van der Waals surface area contributed by atoms with E-state index < -0.39 is 0 Å². The number of hydrogen-bond acceptors (Lipinski definition) is 4. The molecule has 0 aliphatic carbocycles. The highest BCUT2D eigenvalue weighted by Crippen LogP contribution is 2.21. The van der Waals surface area contributed by atoms with Gasteiger partial charge >= 0.3 is 0 Å². The van der Waals surface area contributed by atoms with Gasteiger partial charge < -0.3 is 15.8 Å². The molecular weight excluding hydrogens is 238 g/mol. The van der Waals surface area contributed by atoms with Crippen molar-refractivity contribution in [3.05, 3.63) is 53.7 Å². The zero-order valence-corrected chi connectivity index (χ0v) is 11.1. The molecule has 0 saturated carbocycles. The molecule has 0 atom stereocenters. The summed E-state index contributed by atoms with van der Waals surface area (Å²) in [6.45, 7) is 3.84. The highest BCUT2D eigenvalue weighted by molar-refractivity contribution is 5.49. The molecule has 0 saturated heterocycles. The lowest BCUT2D eigenvalue weighted by Crippen LogP contribution is -2.05. The van der Waals surface area contributed by atoms with E-state index in [1.807, 2.05) is 31.2 Å². The molecule has 1 aromatic heterocycles. The van der Waals surface area contributed by atoms with E-state index in [0.29, 0.717) is 19.7 Å². The standard InChI is InChI=1S/C15H19N3O/c1-2-19-14-7-4-8-17-15(14)18-11-13-6-3-5-12(9-13)10-16/h3-9H,2,10-11,16H2,1H3,(H,17,18). The summed E-state index contributed by atoms with van der Waals surface area (Å²) >= 11 is 0. The van der Waals surface area contributed by atoms with Crippen LogP contribution in [0.3, 0.4) is 0 Å². The Balaban J connectivity index is 2.05. The Morgan fingerprint density at radius 2 is 2.05 bits per heavy atom. The third-order valence-corrected chi connectivity index (χ3v) is 2.76. The first-order chi connectivity index (χ1) is 9.33. The smallest absolute Gasteiger partial charge is 0.169 e. The van der Waals surface area contributed by atoms with Gasteiger partial charge in [0.05, 0.1) is 6.61 Å². The Bertz CT molecular complexity index is 528. The lowest BCUT2D eigenvalue weighted by atomic mass is 10.1. The number of nitrogens with zero attached hydrogens (tertiary/aromatic N) is 1. The van der Waals surface area contributed by atoms with Crippen molar-refractivity contribution in [2.45, 2.75) is 20.0 Å². The molecule has 0 bridgehead atoms. The molecule has 0 unspecified atom stereocenters. The monoisotopic (exact) mass is 257 g/mol. The van der Waals surface area contributed by atoms with Gasteiger partial charge in [0.2, 0.25) is 0 Å². The summed E-state index contributed by atoms with van der Waals surface area (Å²) in [6, 6.07) is 12.0. The van der Waals surface area contributed by atoms with Crippen LogP contribution in [0.15, 0.2) is 42.6 Å². The second-order valence-corrected chi connectivity index (χ2v) is 4.16. The second kappa shape index (κ2) is 6.75. The number of nitrogens with one attached hydrogen (secondary N) is 1. The van der Waals surface area contributed by atoms with Gasteiger partial charge in [-0.2, -0.15) is 0 Å². The average Bonchev–Trinajstić information content (AvgIpc) is 2.47.